The Bertz CT molecular complexity index is 819. The fourth-order valence-electron chi connectivity index (χ4n) is 3.81. The van der Waals surface area contributed by atoms with Crippen LogP contribution in [-0.2, 0) is 23.9 Å². The molecule has 0 unspecified atom stereocenters. The number of anilines is 1. The largest absolute Gasteiger partial charge is 0.456 e. The van der Waals surface area contributed by atoms with E-state index < -0.39 is 18.5 Å². The smallest absolute Gasteiger partial charge is 0.308 e. The van der Waals surface area contributed by atoms with Crippen molar-refractivity contribution in [1.29, 1.82) is 0 Å². The zero-order chi connectivity index (χ0) is 21.0. The summed E-state index contributed by atoms with van der Waals surface area (Å²) in [5.74, 6) is -1.88. The van der Waals surface area contributed by atoms with Crippen LogP contribution in [0.3, 0.4) is 0 Å². The Kier molecular flexibility index (Phi) is 6.46. The van der Waals surface area contributed by atoms with Gasteiger partial charge in [-0.3, -0.25) is 24.1 Å². The summed E-state index contributed by atoms with van der Waals surface area (Å²) < 4.78 is 5.01. The summed E-state index contributed by atoms with van der Waals surface area (Å²) in [5.41, 5.74) is 1.68. The molecule has 0 radical (unpaired) electrons. The fraction of sp³-hybridized carbons (Fsp3) is 0.455. The van der Waals surface area contributed by atoms with Gasteiger partial charge < -0.3 is 10.1 Å². The number of hydrogen-bond acceptors (Lipinski definition) is 5. The highest BCUT2D eigenvalue weighted by molar-refractivity contribution is 6.05. The number of amides is 3. The predicted molar refractivity (Wildman–Crippen MR) is 107 cm³/mol. The van der Waals surface area contributed by atoms with Crippen molar-refractivity contribution in [1.82, 2.24) is 4.90 Å². The van der Waals surface area contributed by atoms with E-state index in [2.05, 4.69) is 5.32 Å². The lowest BCUT2D eigenvalue weighted by atomic mass is 9.85. The van der Waals surface area contributed by atoms with Crippen molar-refractivity contribution in [3.63, 3.8) is 0 Å². The Morgan fingerprint density at radius 1 is 1.10 bits per heavy atom. The molecule has 1 aromatic rings. The number of esters is 1. The van der Waals surface area contributed by atoms with Gasteiger partial charge in [-0.1, -0.05) is 44.2 Å². The van der Waals surface area contributed by atoms with Crippen LogP contribution in [0.1, 0.15) is 44.6 Å². The SMILES string of the molecule is CC(C)c1ccccc1NC(=O)COC(=O)CCN1C(=O)[C@H]2CC=CC[C@@H]2C1=O. The number of fused-ring (bicyclic) bond motifs is 1. The molecule has 0 aromatic heterocycles. The molecule has 2 aliphatic rings. The molecular formula is C22H26N2O5. The van der Waals surface area contributed by atoms with Crippen LogP contribution in [0.2, 0.25) is 0 Å². The van der Waals surface area contributed by atoms with Crippen molar-refractivity contribution in [2.75, 3.05) is 18.5 Å². The number of benzene rings is 1. The van der Waals surface area contributed by atoms with Crippen molar-refractivity contribution in [3.8, 4) is 0 Å². The number of para-hydroxylation sites is 1. The number of carbonyl (C=O) groups excluding carboxylic acids is 4. The van der Waals surface area contributed by atoms with Crippen molar-refractivity contribution in [2.24, 2.45) is 11.8 Å². The minimum absolute atomic E-state index is 0.0126. The van der Waals surface area contributed by atoms with E-state index in [-0.39, 0.29) is 42.5 Å². The fourth-order valence-corrected chi connectivity index (χ4v) is 3.81. The third kappa shape index (κ3) is 4.72. The van der Waals surface area contributed by atoms with E-state index in [4.69, 9.17) is 4.74 Å². The van der Waals surface area contributed by atoms with Gasteiger partial charge in [-0.15, -0.1) is 0 Å². The first-order chi connectivity index (χ1) is 13.9. The summed E-state index contributed by atoms with van der Waals surface area (Å²) in [6, 6.07) is 7.46. The zero-order valence-corrected chi connectivity index (χ0v) is 16.7. The van der Waals surface area contributed by atoms with Gasteiger partial charge in [0.2, 0.25) is 11.8 Å². The van der Waals surface area contributed by atoms with Gasteiger partial charge >= 0.3 is 5.97 Å². The summed E-state index contributed by atoms with van der Waals surface area (Å²) in [6.07, 6.45) is 4.84. The average Bonchev–Trinajstić information content (AvgIpc) is 2.95. The second-order valence-electron chi connectivity index (χ2n) is 7.68. The van der Waals surface area contributed by atoms with E-state index >= 15 is 0 Å². The van der Waals surface area contributed by atoms with E-state index in [1.54, 1.807) is 6.07 Å². The van der Waals surface area contributed by atoms with E-state index in [9.17, 15) is 19.2 Å². The number of allylic oxidation sites excluding steroid dienone is 2. The van der Waals surface area contributed by atoms with Crippen LogP contribution in [-0.4, -0.2) is 41.7 Å². The molecule has 29 heavy (non-hydrogen) atoms. The normalized spacial score (nSPS) is 20.7. The molecule has 1 saturated heterocycles. The molecule has 7 heteroatoms. The number of ether oxygens (including phenoxy) is 1. The first kappa shape index (κ1) is 20.8. The molecule has 1 heterocycles. The lowest BCUT2D eigenvalue weighted by molar-refractivity contribution is -0.148. The van der Waals surface area contributed by atoms with Gasteiger partial charge in [-0.2, -0.15) is 0 Å². The molecule has 1 aromatic carbocycles. The van der Waals surface area contributed by atoms with Crippen LogP contribution >= 0.6 is 0 Å². The Hall–Kier alpha value is -2.96. The van der Waals surface area contributed by atoms with Crippen molar-refractivity contribution >= 4 is 29.4 Å². The molecule has 0 spiro atoms. The number of imide groups is 1. The van der Waals surface area contributed by atoms with Gasteiger partial charge in [0.1, 0.15) is 0 Å². The van der Waals surface area contributed by atoms with Gasteiger partial charge in [0, 0.05) is 12.2 Å². The quantitative estimate of drug-likeness (QED) is 0.433. The van der Waals surface area contributed by atoms with Crippen LogP contribution < -0.4 is 5.32 Å². The maximum Gasteiger partial charge on any atom is 0.308 e. The van der Waals surface area contributed by atoms with Gasteiger partial charge in [0.05, 0.1) is 18.3 Å². The second-order valence-corrected chi connectivity index (χ2v) is 7.68. The first-order valence-electron chi connectivity index (χ1n) is 9.93. The number of carbonyl (C=O) groups is 4. The number of nitrogens with one attached hydrogen (secondary N) is 1. The highest BCUT2D eigenvalue weighted by Crippen LogP contribution is 2.35. The van der Waals surface area contributed by atoms with Gasteiger partial charge in [-0.05, 0) is 30.4 Å². The number of hydrogen-bond donors (Lipinski definition) is 1. The minimum Gasteiger partial charge on any atom is -0.456 e. The molecule has 7 nitrogen and oxygen atoms in total. The third-order valence-corrected chi connectivity index (χ3v) is 5.36. The molecule has 154 valence electrons. The summed E-state index contributed by atoms with van der Waals surface area (Å²) in [4.78, 5) is 50.0. The van der Waals surface area contributed by atoms with Gasteiger partial charge in [0.15, 0.2) is 6.61 Å². The summed E-state index contributed by atoms with van der Waals surface area (Å²) >= 11 is 0. The zero-order valence-electron chi connectivity index (χ0n) is 16.7. The van der Waals surface area contributed by atoms with Crippen LogP contribution in [0.25, 0.3) is 0 Å². The Balaban J connectivity index is 1.45. The van der Waals surface area contributed by atoms with Crippen molar-refractivity contribution < 1.29 is 23.9 Å². The second kappa shape index (κ2) is 9.03. The van der Waals surface area contributed by atoms with Gasteiger partial charge in [0.25, 0.3) is 5.91 Å². The van der Waals surface area contributed by atoms with Crippen molar-refractivity contribution in [3.05, 3.63) is 42.0 Å². The van der Waals surface area contributed by atoms with E-state index in [0.717, 1.165) is 10.5 Å². The summed E-state index contributed by atoms with van der Waals surface area (Å²) in [5, 5.41) is 2.75. The third-order valence-electron chi connectivity index (χ3n) is 5.36. The monoisotopic (exact) mass is 398 g/mol. The Morgan fingerprint density at radius 3 is 2.34 bits per heavy atom. The van der Waals surface area contributed by atoms with Gasteiger partial charge in [-0.25, -0.2) is 0 Å². The Morgan fingerprint density at radius 2 is 1.72 bits per heavy atom. The van der Waals surface area contributed by atoms with Crippen molar-refractivity contribution in [2.45, 2.75) is 39.0 Å². The first-order valence-corrected chi connectivity index (χ1v) is 9.93. The molecule has 1 aliphatic carbocycles. The van der Waals surface area contributed by atoms with Crippen LogP contribution in [0.5, 0.6) is 0 Å². The molecule has 0 bridgehead atoms. The maximum absolute atomic E-state index is 12.4. The molecule has 3 amide bonds. The molecular weight excluding hydrogens is 372 g/mol. The van der Waals surface area contributed by atoms with Crippen LogP contribution in [0, 0.1) is 11.8 Å². The predicted octanol–water partition coefficient (Wildman–Crippen LogP) is 2.63. The highest BCUT2D eigenvalue weighted by atomic mass is 16.5. The average molecular weight is 398 g/mol. The Labute approximate surface area is 170 Å². The van der Waals surface area contributed by atoms with E-state index in [1.807, 2.05) is 44.2 Å². The lowest BCUT2D eigenvalue weighted by Crippen LogP contribution is -2.33. The molecule has 2 atom stereocenters. The lowest BCUT2D eigenvalue weighted by Gasteiger charge is -2.15. The van der Waals surface area contributed by atoms with E-state index in [1.165, 1.54) is 0 Å². The molecule has 1 fully saturated rings. The molecule has 1 aliphatic heterocycles. The maximum atomic E-state index is 12.4. The van der Waals surface area contributed by atoms with Crippen LogP contribution in [0.15, 0.2) is 36.4 Å². The standard InChI is InChI=1S/C22H26N2O5/c1-14(2)15-7-5-6-10-18(15)23-19(25)13-29-20(26)11-12-24-21(27)16-8-3-4-9-17(16)22(24)28/h3-7,10,14,16-17H,8-9,11-13H2,1-2H3,(H,23,25)/t16-,17-/m0/s1. The number of likely N-dealkylation sites (tertiary alicyclic amines) is 1. The summed E-state index contributed by atoms with van der Waals surface area (Å²) in [7, 11) is 0. The molecule has 1 N–H and O–H groups in total. The number of nitrogens with zero attached hydrogens (tertiary/aromatic N) is 1. The minimum atomic E-state index is -0.620. The van der Waals surface area contributed by atoms with E-state index in [0.29, 0.717) is 18.5 Å². The topological polar surface area (TPSA) is 92.8 Å². The van der Waals surface area contributed by atoms with Crippen LogP contribution in [0.4, 0.5) is 5.69 Å². The number of rotatable bonds is 7. The highest BCUT2D eigenvalue weighted by Gasteiger charge is 2.46. The molecule has 3 rings (SSSR count). The summed E-state index contributed by atoms with van der Waals surface area (Å²) in [6.45, 7) is 3.62. The molecule has 0 saturated carbocycles.